The molecular formula is C11H20O3. The monoisotopic (exact) mass is 200 g/mol. The summed E-state index contributed by atoms with van der Waals surface area (Å²) in [6, 6.07) is 0. The highest BCUT2D eigenvalue weighted by molar-refractivity contribution is 5.14. The third kappa shape index (κ3) is 1.30. The molecule has 0 bridgehead atoms. The van der Waals surface area contributed by atoms with Gasteiger partial charge in [-0.1, -0.05) is 13.8 Å². The van der Waals surface area contributed by atoms with E-state index in [4.69, 9.17) is 9.47 Å². The van der Waals surface area contributed by atoms with Crippen molar-refractivity contribution in [3.8, 4) is 0 Å². The van der Waals surface area contributed by atoms with E-state index in [1.807, 2.05) is 13.8 Å². The Morgan fingerprint density at radius 1 is 1.29 bits per heavy atom. The molecule has 2 aliphatic rings. The molecule has 1 heterocycles. The van der Waals surface area contributed by atoms with Crippen LogP contribution in [0, 0.1) is 10.8 Å². The zero-order chi connectivity index (χ0) is 10.6. The van der Waals surface area contributed by atoms with Gasteiger partial charge < -0.3 is 14.6 Å². The van der Waals surface area contributed by atoms with Gasteiger partial charge in [0.2, 0.25) is 0 Å². The van der Waals surface area contributed by atoms with Crippen LogP contribution in [-0.2, 0) is 9.47 Å². The van der Waals surface area contributed by atoms with Crippen LogP contribution in [0.15, 0.2) is 0 Å². The average molecular weight is 200 g/mol. The molecule has 1 N–H and O–H groups in total. The van der Waals surface area contributed by atoms with Crippen LogP contribution in [0.1, 0.15) is 34.1 Å². The second-order valence-corrected chi connectivity index (χ2v) is 5.69. The second-order valence-electron chi connectivity index (χ2n) is 5.69. The topological polar surface area (TPSA) is 38.7 Å². The van der Waals surface area contributed by atoms with Crippen LogP contribution in [0.4, 0.5) is 0 Å². The predicted octanol–water partition coefficient (Wildman–Crippen LogP) is 1.55. The molecule has 0 spiro atoms. The molecule has 0 amide bonds. The predicted molar refractivity (Wildman–Crippen MR) is 52.8 cm³/mol. The van der Waals surface area contributed by atoms with Crippen molar-refractivity contribution in [2.24, 2.45) is 10.8 Å². The smallest absolute Gasteiger partial charge is 0.163 e. The van der Waals surface area contributed by atoms with E-state index in [1.54, 1.807) is 0 Å². The fraction of sp³-hybridized carbons (Fsp3) is 1.00. The van der Waals surface area contributed by atoms with Gasteiger partial charge in [0.25, 0.3) is 0 Å². The van der Waals surface area contributed by atoms with Crippen molar-refractivity contribution < 1.29 is 14.6 Å². The maximum atomic E-state index is 9.49. The maximum absolute atomic E-state index is 9.49. The van der Waals surface area contributed by atoms with E-state index in [9.17, 15) is 5.11 Å². The highest BCUT2D eigenvalue weighted by Crippen LogP contribution is 2.66. The minimum Gasteiger partial charge on any atom is -0.396 e. The van der Waals surface area contributed by atoms with Crippen molar-refractivity contribution in [1.82, 2.24) is 0 Å². The van der Waals surface area contributed by atoms with Crippen molar-refractivity contribution in [3.63, 3.8) is 0 Å². The van der Waals surface area contributed by atoms with E-state index >= 15 is 0 Å². The minimum absolute atomic E-state index is 0.0532. The summed E-state index contributed by atoms with van der Waals surface area (Å²) in [4.78, 5) is 0. The largest absolute Gasteiger partial charge is 0.396 e. The first kappa shape index (κ1) is 10.4. The first-order chi connectivity index (χ1) is 6.33. The molecule has 0 aromatic heterocycles. The molecule has 0 aromatic rings. The van der Waals surface area contributed by atoms with Crippen molar-refractivity contribution in [2.75, 3.05) is 13.2 Å². The molecule has 2 fully saturated rings. The summed E-state index contributed by atoms with van der Waals surface area (Å²) < 4.78 is 11.4. The Balaban J connectivity index is 2.10. The third-order valence-electron chi connectivity index (χ3n) is 3.89. The van der Waals surface area contributed by atoms with Gasteiger partial charge in [-0.05, 0) is 25.7 Å². The Morgan fingerprint density at radius 2 is 1.86 bits per heavy atom. The molecule has 0 radical (unpaired) electrons. The van der Waals surface area contributed by atoms with Gasteiger partial charge in [0, 0.05) is 5.41 Å². The van der Waals surface area contributed by atoms with Crippen molar-refractivity contribution >= 4 is 0 Å². The lowest BCUT2D eigenvalue weighted by Crippen LogP contribution is -2.33. The molecule has 2 atom stereocenters. The highest BCUT2D eigenvalue weighted by atomic mass is 16.7. The number of aliphatic hydroxyl groups excluding tert-OH is 1. The first-order valence-corrected chi connectivity index (χ1v) is 5.26. The van der Waals surface area contributed by atoms with Crippen LogP contribution in [0.5, 0.6) is 0 Å². The summed E-state index contributed by atoms with van der Waals surface area (Å²) in [6.45, 7) is 9.01. The van der Waals surface area contributed by atoms with Gasteiger partial charge in [-0.15, -0.1) is 0 Å². The lowest BCUT2D eigenvalue weighted by Gasteiger charge is -2.25. The summed E-state index contributed by atoms with van der Waals surface area (Å²) in [5, 5.41) is 9.49. The molecule has 3 heteroatoms. The molecule has 0 aromatic carbocycles. The van der Waals surface area contributed by atoms with Crippen LogP contribution >= 0.6 is 0 Å². The lowest BCUT2D eigenvalue weighted by molar-refractivity contribution is -0.151. The SMILES string of the molecule is CC1(C)OCC(C2(CO)CC2(C)C)O1. The van der Waals surface area contributed by atoms with Gasteiger partial charge in [-0.3, -0.25) is 0 Å². The summed E-state index contributed by atoms with van der Waals surface area (Å²) in [6.07, 6.45) is 1.08. The number of ether oxygens (including phenoxy) is 2. The summed E-state index contributed by atoms with van der Waals surface area (Å²) in [5.41, 5.74) is 0.122. The van der Waals surface area contributed by atoms with E-state index in [-0.39, 0.29) is 23.5 Å². The van der Waals surface area contributed by atoms with Gasteiger partial charge in [0.15, 0.2) is 5.79 Å². The Morgan fingerprint density at radius 3 is 2.14 bits per heavy atom. The zero-order valence-electron chi connectivity index (χ0n) is 9.46. The summed E-state index contributed by atoms with van der Waals surface area (Å²) >= 11 is 0. The molecule has 1 saturated heterocycles. The summed E-state index contributed by atoms with van der Waals surface area (Å²) in [5.74, 6) is -0.481. The van der Waals surface area contributed by atoms with E-state index in [0.717, 1.165) is 6.42 Å². The number of rotatable bonds is 2. The van der Waals surface area contributed by atoms with Gasteiger partial charge >= 0.3 is 0 Å². The van der Waals surface area contributed by atoms with Gasteiger partial charge in [0.05, 0.1) is 19.3 Å². The molecule has 2 rings (SSSR count). The molecule has 1 saturated carbocycles. The van der Waals surface area contributed by atoms with E-state index in [1.165, 1.54) is 0 Å². The van der Waals surface area contributed by atoms with Crippen LogP contribution in [-0.4, -0.2) is 30.2 Å². The van der Waals surface area contributed by atoms with E-state index < -0.39 is 5.79 Å². The van der Waals surface area contributed by atoms with Crippen molar-refractivity contribution in [3.05, 3.63) is 0 Å². The quantitative estimate of drug-likeness (QED) is 0.735. The number of hydrogen-bond donors (Lipinski definition) is 1. The Labute approximate surface area is 85.4 Å². The normalized spacial score (nSPS) is 43.9. The fourth-order valence-electron chi connectivity index (χ4n) is 2.63. The minimum atomic E-state index is -0.481. The molecule has 14 heavy (non-hydrogen) atoms. The van der Waals surface area contributed by atoms with Crippen LogP contribution in [0.25, 0.3) is 0 Å². The Kier molecular flexibility index (Phi) is 2.02. The lowest BCUT2D eigenvalue weighted by atomic mass is 9.91. The average Bonchev–Trinajstić information content (AvgIpc) is 2.43. The summed E-state index contributed by atoms with van der Waals surface area (Å²) in [7, 11) is 0. The van der Waals surface area contributed by atoms with Gasteiger partial charge in [0.1, 0.15) is 0 Å². The molecular weight excluding hydrogens is 180 g/mol. The second kappa shape index (κ2) is 2.71. The fourth-order valence-corrected chi connectivity index (χ4v) is 2.63. The molecule has 2 unspecified atom stereocenters. The Hall–Kier alpha value is -0.120. The van der Waals surface area contributed by atoms with Crippen LogP contribution in [0.3, 0.4) is 0 Å². The standard InChI is InChI=1S/C11H20O3/c1-9(2)6-11(9,7-12)8-5-13-10(3,4)14-8/h8,12H,5-7H2,1-4H3. The molecule has 1 aliphatic carbocycles. The van der Waals surface area contributed by atoms with Crippen LogP contribution < -0.4 is 0 Å². The highest BCUT2D eigenvalue weighted by Gasteiger charge is 2.67. The zero-order valence-corrected chi connectivity index (χ0v) is 9.46. The first-order valence-electron chi connectivity index (χ1n) is 5.26. The van der Waals surface area contributed by atoms with E-state index in [2.05, 4.69) is 13.8 Å². The van der Waals surface area contributed by atoms with E-state index in [0.29, 0.717) is 6.61 Å². The van der Waals surface area contributed by atoms with Crippen molar-refractivity contribution in [1.29, 1.82) is 0 Å². The molecule has 3 nitrogen and oxygen atoms in total. The van der Waals surface area contributed by atoms with Crippen LogP contribution in [0.2, 0.25) is 0 Å². The molecule has 1 aliphatic heterocycles. The van der Waals surface area contributed by atoms with Gasteiger partial charge in [-0.25, -0.2) is 0 Å². The number of hydrogen-bond acceptors (Lipinski definition) is 3. The van der Waals surface area contributed by atoms with Gasteiger partial charge in [-0.2, -0.15) is 0 Å². The number of aliphatic hydroxyl groups is 1. The molecule has 82 valence electrons. The Bertz CT molecular complexity index is 247. The third-order valence-corrected chi connectivity index (χ3v) is 3.89. The van der Waals surface area contributed by atoms with Crippen molar-refractivity contribution in [2.45, 2.75) is 46.0 Å². The maximum Gasteiger partial charge on any atom is 0.163 e.